The lowest BCUT2D eigenvalue weighted by Crippen LogP contribution is -2.11. The highest BCUT2D eigenvalue weighted by Gasteiger charge is 1.99. The maximum absolute atomic E-state index is 11.0. The van der Waals surface area contributed by atoms with Crippen LogP contribution in [0, 0.1) is 13.8 Å². The molecule has 2 aromatic rings. The largest absolute Gasteiger partial charge is 0.345 e. The third kappa shape index (κ3) is 2.92. The number of benzene rings is 1. The second kappa shape index (κ2) is 5.45. The van der Waals surface area contributed by atoms with Crippen molar-refractivity contribution < 1.29 is 0 Å². The van der Waals surface area contributed by atoms with E-state index in [0.717, 1.165) is 22.2 Å². The quantitative estimate of drug-likeness (QED) is 0.739. The standard InChI is InChI=1S/C10H10N2O.C3H8/c1-6-3-4-8-7(2)11-10(13)12-9(8)5-6;1-3-2/h3-5H,1-2H3,(H,11,12,13);3H2,1-2H3. The van der Waals surface area contributed by atoms with Gasteiger partial charge in [0.15, 0.2) is 0 Å². The monoisotopic (exact) mass is 218 g/mol. The molecule has 0 spiro atoms. The minimum Gasteiger partial charge on any atom is -0.309 e. The van der Waals surface area contributed by atoms with Crippen molar-refractivity contribution in [2.45, 2.75) is 34.1 Å². The molecule has 1 aromatic carbocycles. The molecular weight excluding hydrogens is 200 g/mol. The zero-order chi connectivity index (χ0) is 12.1. The fourth-order valence-corrected chi connectivity index (χ4v) is 1.42. The van der Waals surface area contributed by atoms with E-state index in [-0.39, 0.29) is 5.69 Å². The highest BCUT2D eigenvalue weighted by molar-refractivity contribution is 5.80. The molecule has 0 aliphatic carbocycles. The second-order valence-electron chi connectivity index (χ2n) is 3.89. The molecular formula is C13H18N2O. The van der Waals surface area contributed by atoms with Gasteiger partial charge < -0.3 is 4.98 Å². The Hall–Kier alpha value is -1.64. The molecule has 0 saturated carbocycles. The zero-order valence-corrected chi connectivity index (χ0v) is 10.3. The predicted octanol–water partition coefficient (Wildman–Crippen LogP) is 2.96. The summed E-state index contributed by atoms with van der Waals surface area (Å²) in [6.07, 6.45) is 1.25. The number of aromatic nitrogens is 2. The summed E-state index contributed by atoms with van der Waals surface area (Å²) in [5, 5.41) is 1.00. The van der Waals surface area contributed by atoms with Gasteiger partial charge in [0.2, 0.25) is 0 Å². The molecule has 0 amide bonds. The third-order valence-electron chi connectivity index (χ3n) is 2.07. The lowest BCUT2D eigenvalue weighted by molar-refractivity contribution is 1.07. The molecule has 0 radical (unpaired) electrons. The molecule has 0 bridgehead atoms. The fourth-order valence-electron chi connectivity index (χ4n) is 1.42. The Labute approximate surface area is 95.5 Å². The van der Waals surface area contributed by atoms with Gasteiger partial charge in [-0.1, -0.05) is 32.4 Å². The van der Waals surface area contributed by atoms with Crippen molar-refractivity contribution in [3.63, 3.8) is 0 Å². The number of nitrogens with zero attached hydrogens (tertiary/aromatic N) is 1. The number of nitrogens with one attached hydrogen (secondary N) is 1. The Bertz CT molecular complexity index is 529. The van der Waals surface area contributed by atoms with Crippen LogP contribution in [0.5, 0.6) is 0 Å². The first-order valence-corrected chi connectivity index (χ1v) is 5.55. The minimum atomic E-state index is -0.282. The Balaban J connectivity index is 0.000000386. The molecule has 1 N–H and O–H groups in total. The van der Waals surface area contributed by atoms with Crippen LogP contribution in [0.25, 0.3) is 10.9 Å². The molecule has 0 aliphatic rings. The van der Waals surface area contributed by atoms with Crippen molar-refractivity contribution in [1.82, 2.24) is 9.97 Å². The first-order valence-electron chi connectivity index (χ1n) is 5.55. The van der Waals surface area contributed by atoms with E-state index in [1.54, 1.807) is 0 Å². The van der Waals surface area contributed by atoms with Gasteiger partial charge in [0.1, 0.15) is 0 Å². The van der Waals surface area contributed by atoms with Crippen molar-refractivity contribution >= 4 is 10.9 Å². The molecule has 0 fully saturated rings. The first-order chi connectivity index (χ1) is 7.58. The van der Waals surface area contributed by atoms with E-state index >= 15 is 0 Å². The molecule has 3 heteroatoms. The van der Waals surface area contributed by atoms with Crippen molar-refractivity contribution in [1.29, 1.82) is 0 Å². The number of H-pyrrole nitrogens is 1. The Kier molecular flexibility index (Phi) is 4.23. The normalized spacial score (nSPS) is 9.75. The molecule has 0 aliphatic heterocycles. The van der Waals surface area contributed by atoms with Gasteiger partial charge in [-0.2, -0.15) is 4.98 Å². The zero-order valence-electron chi connectivity index (χ0n) is 10.3. The highest BCUT2D eigenvalue weighted by Crippen LogP contribution is 2.13. The van der Waals surface area contributed by atoms with Gasteiger partial charge in [-0.3, -0.25) is 0 Å². The Morgan fingerprint density at radius 1 is 1.25 bits per heavy atom. The summed E-state index contributed by atoms with van der Waals surface area (Å²) in [6, 6.07) is 5.90. The van der Waals surface area contributed by atoms with E-state index in [9.17, 15) is 4.79 Å². The predicted molar refractivity (Wildman–Crippen MR) is 67.8 cm³/mol. The van der Waals surface area contributed by atoms with Crippen LogP contribution < -0.4 is 5.69 Å². The van der Waals surface area contributed by atoms with Crippen LogP contribution in [-0.4, -0.2) is 9.97 Å². The fraction of sp³-hybridized carbons (Fsp3) is 0.385. The van der Waals surface area contributed by atoms with Crippen molar-refractivity contribution in [2.75, 3.05) is 0 Å². The van der Waals surface area contributed by atoms with Crippen molar-refractivity contribution in [3.8, 4) is 0 Å². The number of fused-ring (bicyclic) bond motifs is 1. The summed E-state index contributed by atoms with van der Waals surface area (Å²) in [6.45, 7) is 8.11. The van der Waals surface area contributed by atoms with Crippen LogP contribution in [0.2, 0.25) is 0 Å². The summed E-state index contributed by atoms with van der Waals surface area (Å²) >= 11 is 0. The average Bonchev–Trinajstić information content (AvgIpc) is 2.17. The maximum Gasteiger partial charge on any atom is 0.345 e. The SMILES string of the molecule is CCC.Cc1ccc2c(C)[nH]c(=O)nc2c1. The van der Waals surface area contributed by atoms with Crippen LogP contribution in [0.3, 0.4) is 0 Å². The third-order valence-corrected chi connectivity index (χ3v) is 2.07. The van der Waals surface area contributed by atoms with E-state index in [4.69, 9.17) is 0 Å². The second-order valence-corrected chi connectivity index (χ2v) is 3.89. The number of hydrogen-bond donors (Lipinski definition) is 1. The molecule has 1 heterocycles. The van der Waals surface area contributed by atoms with E-state index in [1.807, 2.05) is 32.0 Å². The minimum absolute atomic E-state index is 0.282. The van der Waals surface area contributed by atoms with Crippen LogP contribution in [0.15, 0.2) is 23.0 Å². The Morgan fingerprint density at radius 3 is 2.50 bits per heavy atom. The number of aryl methyl sites for hydroxylation is 2. The number of hydrogen-bond acceptors (Lipinski definition) is 2. The van der Waals surface area contributed by atoms with E-state index in [0.29, 0.717) is 0 Å². The molecule has 0 atom stereocenters. The lowest BCUT2D eigenvalue weighted by Gasteiger charge is -2.00. The molecule has 1 aromatic heterocycles. The molecule has 2 rings (SSSR count). The van der Waals surface area contributed by atoms with Gasteiger partial charge in [-0.05, 0) is 25.5 Å². The Morgan fingerprint density at radius 2 is 1.88 bits per heavy atom. The van der Waals surface area contributed by atoms with Crippen LogP contribution in [0.1, 0.15) is 31.5 Å². The highest BCUT2D eigenvalue weighted by atomic mass is 16.1. The lowest BCUT2D eigenvalue weighted by atomic mass is 10.1. The van der Waals surface area contributed by atoms with Crippen molar-refractivity contribution in [3.05, 3.63) is 39.9 Å². The summed E-state index contributed by atoms with van der Waals surface area (Å²) in [5.41, 5.74) is 2.47. The number of aromatic amines is 1. The van der Waals surface area contributed by atoms with Gasteiger partial charge in [0.25, 0.3) is 0 Å². The van der Waals surface area contributed by atoms with Crippen LogP contribution >= 0.6 is 0 Å². The van der Waals surface area contributed by atoms with Gasteiger partial charge in [0.05, 0.1) is 5.52 Å². The van der Waals surface area contributed by atoms with E-state index < -0.39 is 0 Å². The summed E-state index contributed by atoms with van der Waals surface area (Å²) < 4.78 is 0. The van der Waals surface area contributed by atoms with E-state index in [2.05, 4.69) is 23.8 Å². The summed E-state index contributed by atoms with van der Waals surface area (Å²) in [7, 11) is 0. The topological polar surface area (TPSA) is 45.8 Å². The molecule has 3 nitrogen and oxygen atoms in total. The molecule has 16 heavy (non-hydrogen) atoms. The van der Waals surface area contributed by atoms with Gasteiger partial charge in [0, 0.05) is 11.1 Å². The summed E-state index contributed by atoms with van der Waals surface area (Å²) in [5.74, 6) is 0. The van der Waals surface area contributed by atoms with Crippen molar-refractivity contribution in [2.24, 2.45) is 0 Å². The smallest absolute Gasteiger partial charge is 0.309 e. The first kappa shape index (κ1) is 12.4. The van der Waals surface area contributed by atoms with Crippen LogP contribution in [-0.2, 0) is 0 Å². The molecule has 86 valence electrons. The number of rotatable bonds is 0. The van der Waals surface area contributed by atoms with Gasteiger partial charge in [-0.15, -0.1) is 0 Å². The summed E-state index contributed by atoms with van der Waals surface area (Å²) in [4.78, 5) is 17.6. The van der Waals surface area contributed by atoms with Gasteiger partial charge in [-0.25, -0.2) is 4.79 Å². The van der Waals surface area contributed by atoms with Gasteiger partial charge >= 0.3 is 5.69 Å². The van der Waals surface area contributed by atoms with Crippen LogP contribution in [0.4, 0.5) is 0 Å². The molecule has 0 saturated heterocycles. The average molecular weight is 218 g/mol. The molecule has 0 unspecified atom stereocenters. The van der Waals surface area contributed by atoms with E-state index in [1.165, 1.54) is 6.42 Å². The maximum atomic E-state index is 11.0.